The molecule has 3 aromatic carbocycles. The van der Waals surface area contributed by atoms with Crippen molar-refractivity contribution in [3.63, 3.8) is 0 Å². The van der Waals surface area contributed by atoms with E-state index in [9.17, 15) is 13.2 Å². The zero-order valence-corrected chi connectivity index (χ0v) is 18.9. The summed E-state index contributed by atoms with van der Waals surface area (Å²) in [6.07, 6.45) is -0.0440. The van der Waals surface area contributed by atoms with Crippen molar-refractivity contribution in [3.8, 4) is 5.75 Å². The maximum Gasteiger partial charge on any atom is 0.242 e. The van der Waals surface area contributed by atoms with Crippen LogP contribution < -0.4 is 20.9 Å². The van der Waals surface area contributed by atoms with E-state index in [1.807, 2.05) is 6.07 Å². The number of amides is 1. The number of nitrogen functional groups attached to an aromatic ring is 2. The zero-order valence-electron chi connectivity index (χ0n) is 18.0. The Kier molecular flexibility index (Phi) is 5.96. The molecule has 172 valence electrons. The fraction of sp³-hybridized carbons (Fsp3) is 0.217. The molecular formula is C23H25N5O4S. The van der Waals surface area contributed by atoms with E-state index in [0.717, 1.165) is 5.39 Å². The third-order valence-electron chi connectivity index (χ3n) is 5.62. The van der Waals surface area contributed by atoms with Gasteiger partial charge in [0.2, 0.25) is 15.9 Å². The van der Waals surface area contributed by atoms with Crippen LogP contribution in [0.25, 0.3) is 10.8 Å². The molecule has 1 heterocycles. The lowest BCUT2D eigenvalue weighted by Gasteiger charge is -2.29. The van der Waals surface area contributed by atoms with E-state index in [1.165, 1.54) is 17.0 Å². The Morgan fingerprint density at radius 1 is 1.12 bits per heavy atom. The Morgan fingerprint density at radius 2 is 1.88 bits per heavy atom. The molecule has 0 spiro atoms. The molecule has 1 aliphatic heterocycles. The van der Waals surface area contributed by atoms with Gasteiger partial charge in [0.05, 0.1) is 12.0 Å². The fourth-order valence-corrected chi connectivity index (χ4v) is 5.18. The van der Waals surface area contributed by atoms with Crippen molar-refractivity contribution in [3.05, 3.63) is 65.7 Å². The van der Waals surface area contributed by atoms with Gasteiger partial charge in [-0.15, -0.1) is 0 Å². The number of ether oxygens (including phenoxy) is 1. The first-order valence-electron chi connectivity index (χ1n) is 10.3. The van der Waals surface area contributed by atoms with Gasteiger partial charge in [0.15, 0.2) is 0 Å². The van der Waals surface area contributed by atoms with Crippen molar-refractivity contribution in [2.75, 3.05) is 19.4 Å². The molecule has 0 saturated carbocycles. The molecular weight excluding hydrogens is 442 g/mol. The maximum absolute atomic E-state index is 13.4. The quantitative estimate of drug-likeness (QED) is 0.238. The molecule has 6 N–H and O–H groups in total. The van der Waals surface area contributed by atoms with Crippen LogP contribution in [0.15, 0.2) is 59.5 Å². The minimum atomic E-state index is -4.04. The molecule has 10 heteroatoms. The number of benzene rings is 3. The normalized spacial score (nSPS) is 15.1. The highest BCUT2D eigenvalue weighted by atomic mass is 32.2. The molecule has 1 unspecified atom stereocenters. The van der Waals surface area contributed by atoms with Crippen molar-refractivity contribution < 1.29 is 17.9 Å². The first-order valence-corrected chi connectivity index (χ1v) is 11.8. The molecule has 33 heavy (non-hydrogen) atoms. The molecule has 3 aromatic rings. The van der Waals surface area contributed by atoms with Crippen molar-refractivity contribution in [2.45, 2.75) is 23.9 Å². The second kappa shape index (κ2) is 8.72. The summed E-state index contributed by atoms with van der Waals surface area (Å²) in [5, 5.41) is 9.30. The molecule has 0 bridgehead atoms. The summed E-state index contributed by atoms with van der Waals surface area (Å²) in [4.78, 5) is 14.1. The van der Waals surface area contributed by atoms with Crippen molar-refractivity contribution >= 4 is 38.2 Å². The first kappa shape index (κ1) is 22.6. The summed E-state index contributed by atoms with van der Waals surface area (Å²) < 4.78 is 34.7. The number of sulfonamides is 1. The number of nitrogens with one attached hydrogen (secondary N) is 2. The number of nitrogens with two attached hydrogens (primary N) is 2. The van der Waals surface area contributed by atoms with Crippen LogP contribution in [0.2, 0.25) is 0 Å². The number of anilines is 1. The van der Waals surface area contributed by atoms with Gasteiger partial charge in [-0.1, -0.05) is 12.1 Å². The molecule has 1 saturated heterocycles. The SMILES string of the molecule is COc1ccc2ccc(S(=O)(=O)NC(c3cc(N)cc(C(=N)N)c3)N3CCCC3=O)cc2c1. The minimum Gasteiger partial charge on any atom is -0.497 e. The van der Waals surface area contributed by atoms with Crippen LogP contribution in [-0.4, -0.2) is 38.7 Å². The molecule has 0 radical (unpaired) electrons. The molecule has 1 amide bonds. The summed E-state index contributed by atoms with van der Waals surface area (Å²) >= 11 is 0. The summed E-state index contributed by atoms with van der Waals surface area (Å²) in [5.41, 5.74) is 12.7. The second-order valence-corrected chi connectivity index (χ2v) is 9.61. The Hall–Kier alpha value is -3.63. The monoisotopic (exact) mass is 467 g/mol. The standard InChI is InChI=1S/C23H25N5O4S/c1-32-19-6-4-14-5-7-20(13-15(14)12-19)33(30,31)27-23(28-8-2-3-21(28)29)17-9-16(22(25)26)10-18(24)11-17/h4-7,9-13,23,27H,2-3,8,24H2,1H3,(H3,25,26). The molecule has 4 rings (SSSR count). The van der Waals surface area contributed by atoms with Gasteiger partial charge in [-0.3, -0.25) is 10.2 Å². The average molecular weight is 468 g/mol. The topological polar surface area (TPSA) is 152 Å². The number of carbonyl (C=O) groups is 1. The minimum absolute atomic E-state index is 0.0515. The molecule has 1 fully saturated rings. The molecule has 1 atom stereocenters. The highest BCUT2D eigenvalue weighted by Gasteiger charge is 2.33. The number of hydrogen-bond donors (Lipinski definition) is 4. The van der Waals surface area contributed by atoms with Crippen LogP contribution in [-0.2, 0) is 14.8 Å². The van der Waals surface area contributed by atoms with Crippen LogP contribution in [0.5, 0.6) is 5.75 Å². The number of likely N-dealkylation sites (tertiary alicyclic amines) is 1. The Balaban J connectivity index is 1.76. The van der Waals surface area contributed by atoms with Crippen molar-refractivity contribution in [2.24, 2.45) is 5.73 Å². The van der Waals surface area contributed by atoms with E-state index >= 15 is 0 Å². The summed E-state index contributed by atoms with van der Waals surface area (Å²) in [6.45, 7) is 0.394. The highest BCUT2D eigenvalue weighted by Crippen LogP contribution is 2.29. The van der Waals surface area contributed by atoms with Gasteiger partial charge < -0.3 is 21.1 Å². The lowest BCUT2D eigenvalue weighted by molar-refractivity contribution is -0.130. The van der Waals surface area contributed by atoms with Crippen molar-refractivity contribution in [1.29, 1.82) is 5.41 Å². The van der Waals surface area contributed by atoms with Gasteiger partial charge in [0, 0.05) is 24.2 Å². The van der Waals surface area contributed by atoms with Gasteiger partial charge in [0.1, 0.15) is 17.8 Å². The van der Waals surface area contributed by atoms with Gasteiger partial charge >= 0.3 is 0 Å². The summed E-state index contributed by atoms with van der Waals surface area (Å²) in [6, 6.07) is 14.9. The van der Waals surface area contributed by atoms with Gasteiger partial charge in [-0.05, 0) is 65.2 Å². The van der Waals surface area contributed by atoms with Crippen molar-refractivity contribution in [1.82, 2.24) is 9.62 Å². The number of amidine groups is 1. The van der Waals surface area contributed by atoms with Crippen LogP contribution in [0, 0.1) is 5.41 Å². The number of methoxy groups -OCH3 is 1. The van der Waals surface area contributed by atoms with Crippen LogP contribution >= 0.6 is 0 Å². The van der Waals surface area contributed by atoms with E-state index in [4.69, 9.17) is 21.6 Å². The predicted octanol–water partition coefficient (Wildman–Crippen LogP) is 2.31. The Morgan fingerprint density at radius 3 is 2.55 bits per heavy atom. The summed E-state index contributed by atoms with van der Waals surface area (Å²) in [7, 11) is -2.49. The number of fused-ring (bicyclic) bond motifs is 1. The number of hydrogen-bond acceptors (Lipinski definition) is 6. The molecule has 1 aliphatic rings. The third-order valence-corrected chi connectivity index (χ3v) is 7.03. The zero-order chi connectivity index (χ0) is 23.8. The van der Waals surface area contributed by atoms with E-state index < -0.39 is 16.2 Å². The second-order valence-electron chi connectivity index (χ2n) is 7.89. The average Bonchev–Trinajstić information content (AvgIpc) is 3.21. The lowest BCUT2D eigenvalue weighted by Crippen LogP contribution is -2.42. The fourth-order valence-electron chi connectivity index (χ4n) is 3.96. The van der Waals surface area contributed by atoms with E-state index in [-0.39, 0.29) is 16.6 Å². The number of nitrogens with zero attached hydrogens (tertiary/aromatic N) is 1. The smallest absolute Gasteiger partial charge is 0.242 e. The Bertz CT molecular complexity index is 1360. The van der Waals surface area contributed by atoms with Gasteiger partial charge in [-0.25, -0.2) is 8.42 Å². The van der Waals surface area contributed by atoms with Crippen LogP contribution in [0.1, 0.15) is 30.1 Å². The van der Waals surface area contributed by atoms with E-state index in [1.54, 1.807) is 43.5 Å². The predicted molar refractivity (Wildman–Crippen MR) is 126 cm³/mol. The van der Waals surface area contributed by atoms with Crippen LogP contribution in [0.4, 0.5) is 5.69 Å². The molecule has 0 aromatic heterocycles. The maximum atomic E-state index is 13.4. The van der Waals surface area contributed by atoms with Crippen LogP contribution in [0.3, 0.4) is 0 Å². The third kappa shape index (κ3) is 4.62. The lowest BCUT2D eigenvalue weighted by atomic mass is 10.1. The number of rotatable bonds is 7. The molecule has 9 nitrogen and oxygen atoms in total. The van der Waals surface area contributed by atoms with Gasteiger partial charge in [-0.2, -0.15) is 4.72 Å². The summed E-state index contributed by atoms with van der Waals surface area (Å²) in [5.74, 6) is 0.237. The van der Waals surface area contributed by atoms with E-state index in [0.29, 0.717) is 47.3 Å². The highest BCUT2D eigenvalue weighted by molar-refractivity contribution is 7.89. The van der Waals surface area contributed by atoms with E-state index in [2.05, 4.69) is 4.72 Å². The largest absolute Gasteiger partial charge is 0.497 e. The first-order chi connectivity index (χ1) is 15.7. The molecule has 0 aliphatic carbocycles. The van der Waals surface area contributed by atoms with Gasteiger partial charge in [0.25, 0.3) is 0 Å². The number of carbonyl (C=O) groups excluding carboxylic acids is 1. The Labute approximate surface area is 191 Å².